The Morgan fingerprint density at radius 2 is 2.23 bits per heavy atom. The van der Waals surface area contributed by atoms with Crippen molar-refractivity contribution in [2.75, 3.05) is 0 Å². The summed E-state index contributed by atoms with van der Waals surface area (Å²) in [5, 5.41) is 12.1. The van der Waals surface area contributed by atoms with E-state index in [1.54, 1.807) is 6.20 Å². The van der Waals surface area contributed by atoms with E-state index in [0.717, 1.165) is 31.2 Å². The summed E-state index contributed by atoms with van der Waals surface area (Å²) in [6.07, 6.45) is 5.57. The standard InChI is InChI=1S/C9H14N2OS/c10-8(7-5-11-13-6-7)9(12)3-1-2-4-9/h5-6,8,12H,1-4,10H2. The second-order valence-corrected chi connectivity index (χ2v) is 4.40. The molecule has 1 atom stereocenters. The molecular formula is C9H14N2OS. The molecule has 13 heavy (non-hydrogen) atoms. The second kappa shape index (κ2) is 3.36. The first-order valence-corrected chi connectivity index (χ1v) is 5.43. The second-order valence-electron chi connectivity index (χ2n) is 3.75. The molecule has 0 spiro atoms. The molecule has 3 nitrogen and oxygen atoms in total. The molecule has 0 radical (unpaired) electrons. The average molecular weight is 198 g/mol. The fourth-order valence-corrected chi connectivity index (χ4v) is 2.55. The van der Waals surface area contributed by atoms with Crippen LogP contribution in [0, 0.1) is 0 Å². The van der Waals surface area contributed by atoms with Gasteiger partial charge in [-0.2, -0.15) is 0 Å². The van der Waals surface area contributed by atoms with E-state index in [0.29, 0.717) is 0 Å². The SMILES string of the molecule is NC(c1cnsc1)C1(O)CCCC1. The minimum absolute atomic E-state index is 0.256. The number of aromatic nitrogens is 1. The molecule has 2 rings (SSSR count). The van der Waals surface area contributed by atoms with E-state index in [1.807, 2.05) is 5.38 Å². The largest absolute Gasteiger partial charge is 0.388 e. The number of hydrogen-bond acceptors (Lipinski definition) is 4. The summed E-state index contributed by atoms with van der Waals surface area (Å²) in [4.78, 5) is 0. The molecule has 1 aliphatic rings. The molecule has 0 amide bonds. The van der Waals surface area contributed by atoms with Gasteiger partial charge in [0.15, 0.2) is 0 Å². The third-order valence-corrected chi connectivity index (χ3v) is 3.46. The van der Waals surface area contributed by atoms with E-state index in [-0.39, 0.29) is 6.04 Å². The molecule has 1 aromatic rings. The topological polar surface area (TPSA) is 59.1 Å². The van der Waals surface area contributed by atoms with Crippen LogP contribution in [-0.2, 0) is 0 Å². The van der Waals surface area contributed by atoms with Crippen LogP contribution in [0.5, 0.6) is 0 Å². The zero-order chi connectivity index (χ0) is 9.31. The van der Waals surface area contributed by atoms with Gasteiger partial charge in [0.25, 0.3) is 0 Å². The summed E-state index contributed by atoms with van der Waals surface area (Å²) in [6.45, 7) is 0. The molecule has 0 bridgehead atoms. The minimum Gasteiger partial charge on any atom is -0.388 e. The van der Waals surface area contributed by atoms with Crippen molar-refractivity contribution in [3.05, 3.63) is 17.1 Å². The maximum Gasteiger partial charge on any atom is 0.0840 e. The summed E-state index contributed by atoms with van der Waals surface area (Å²) in [6, 6.07) is -0.256. The number of nitrogens with two attached hydrogens (primary N) is 1. The first kappa shape index (κ1) is 9.12. The van der Waals surface area contributed by atoms with Crippen LogP contribution in [0.4, 0.5) is 0 Å². The van der Waals surface area contributed by atoms with Crippen LogP contribution in [0.2, 0.25) is 0 Å². The van der Waals surface area contributed by atoms with Crippen LogP contribution < -0.4 is 5.73 Å². The minimum atomic E-state index is -0.678. The fraction of sp³-hybridized carbons (Fsp3) is 0.667. The Kier molecular flexibility index (Phi) is 2.36. The summed E-state index contributed by atoms with van der Waals surface area (Å²) >= 11 is 1.38. The van der Waals surface area contributed by atoms with Crippen LogP contribution >= 0.6 is 11.5 Å². The van der Waals surface area contributed by atoms with Crippen molar-refractivity contribution in [1.82, 2.24) is 4.37 Å². The molecule has 1 aromatic heterocycles. The number of rotatable bonds is 2. The molecule has 1 heterocycles. The van der Waals surface area contributed by atoms with Crippen LogP contribution in [0.1, 0.15) is 37.3 Å². The van der Waals surface area contributed by atoms with Gasteiger partial charge in [-0.1, -0.05) is 12.8 Å². The van der Waals surface area contributed by atoms with E-state index in [4.69, 9.17) is 5.73 Å². The van der Waals surface area contributed by atoms with Crippen molar-refractivity contribution in [2.45, 2.75) is 37.3 Å². The van der Waals surface area contributed by atoms with Gasteiger partial charge in [0.1, 0.15) is 0 Å². The van der Waals surface area contributed by atoms with Crippen LogP contribution in [-0.4, -0.2) is 15.1 Å². The predicted octanol–water partition coefficient (Wildman–Crippen LogP) is 1.45. The van der Waals surface area contributed by atoms with Crippen molar-refractivity contribution >= 4 is 11.5 Å². The maximum atomic E-state index is 10.2. The lowest BCUT2D eigenvalue weighted by Crippen LogP contribution is -2.38. The van der Waals surface area contributed by atoms with Gasteiger partial charge >= 0.3 is 0 Å². The van der Waals surface area contributed by atoms with Crippen molar-refractivity contribution in [3.8, 4) is 0 Å². The zero-order valence-electron chi connectivity index (χ0n) is 7.44. The van der Waals surface area contributed by atoms with E-state index >= 15 is 0 Å². The maximum absolute atomic E-state index is 10.2. The predicted molar refractivity (Wildman–Crippen MR) is 52.5 cm³/mol. The molecule has 1 aliphatic carbocycles. The molecule has 0 aromatic carbocycles. The number of nitrogens with zero attached hydrogens (tertiary/aromatic N) is 1. The van der Waals surface area contributed by atoms with Crippen LogP contribution in [0.25, 0.3) is 0 Å². The Hall–Kier alpha value is -0.450. The number of hydrogen-bond donors (Lipinski definition) is 2. The third kappa shape index (κ3) is 1.61. The molecule has 72 valence electrons. The van der Waals surface area contributed by atoms with E-state index < -0.39 is 5.60 Å². The Morgan fingerprint density at radius 1 is 1.54 bits per heavy atom. The van der Waals surface area contributed by atoms with E-state index in [9.17, 15) is 5.11 Å². The Balaban J connectivity index is 2.16. The van der Waals surface area contributed by atoms with Gasteiger partial charge in [-0.15, -0.1) is 0 Å². The van der Waals surface area contributed by atoms with Gasteiger partial charge in [-0.25, -0.2) is 4.37 Å². The quantitative estimate of drug-likeness (QED) is 0.756. The highest BCUT2D eigenvalue weighted by Gasteiger charge is 2.38. The van der Waals surface area contributed by atoms with Crippen LogP contribution in [0.3, 0.4) is 0 Å². The molecule has 3 N–H and O–H groups in total. The Morgan fingerprint density at radius 3 is 2.77 bits per heavy atom. The van der Waals surface area contributed by atoms with Gasteiger partial charge in [-0.05, 0) is 24.4 Å². The molecule has 1 fully saturated rings. The fourth-order valence-electron chi connectivity index (χ4n) is 1.98. The van der Waals surface area contributed by atoms with Gasteiger partial charge in [0.05, 0.1) is 11.6 Å². The summed E-state index contributed by atoms with van der Waals surface area (Å²) in [5.41, 5.74) is 6.28. The highest BCUT2D eigenvalue weighted by Crippen LogP contribution is 2.38. The monoisotopic (exact) mass is 198 g/mol. The van der Waals surface area contributed by atoms with Crippen molar-refractivity contribution in [1.29, 1.82) is 0 Å². The average Bonchev–Trinajstić information content (AvgIpc) is 2.73. The molecule has 1 saturated carbocycles. The van der Waals surface area contributed by atoms with Crippen LogP contribution in [0.15, 0.2) is 11.6 Å². The van der Waals surface area contributed by atoms with Gasteiger partial charge in [-0.3, -0.25) is 0 Å². The Bertz CT molecular complexity index is 267. The summed E-state index contributed by atoms with van der Waals surface area (Å²) in [7, 11) is 0. The smallest absolute Gasteiger partial charge is 0.0840 e. The first-order chi connectivity index (χ1) is 6.22. The van der Waals surface area contributed by atoms with Gasteiger partial charge in [0, 0.05) is 17.1 Å². The highest BCUT2D eigenvalue weighted by molar-refractivity contribution is 7.03. The third-order valence-electron chi connectivity index (χ3n) is 2.86. The molecule has 4 heteroatoms. The Labute approximate surface area is 81.8 Å². The van der Waals surface area contributed by atoms with Crippen molar-refractivity contribution in [2.24, 2.45) is 5.73 Å². The van der Waals surface area contributed by atoms with E-state index in [1.165, 1.54) is 11.5 Å². The van der Waals surface area contributed by atoms with Gasteiger partial charge in [0.2, 0.25) is 0 Å². The lowest BCUT2D eigenvalue weighted by molar-refractivity contribution is 0.0204. The normalized spacial score (nSPS) is 23.2. The zero-order valence-corrected chi connectivity index (χ0v) is 8.26. The van der Waals surface area contributed by atoms with E-state index in [2.05, 4.69) is 4.37 Å². The lowest BCUT2D eigenvalue weighted by atomic mass is 9.89. The highest BCUT2D eigenvalue weighted by atomic mass is 32.1. The first-order valence-electron chi connectivity index (χ1n) is 4.60. The number of aliphatic hydroxyl groups is 1. The molecule has 0 saturated heterocycles. The molecular weight excluding hydrogens is 184 g/mol. The van der Waals surface area contributed by atoms with Gasteiger partial charge < -0.3 is 10.8 Å². The molecule has 0 aliphatic heterocycles. The summed E-state index contributed by atoms with van der Waals surface area (Å²) in [5.74, 6) is 0. The van der Waals surface area contributed by atoms with Crippen molar-refractivity contribution < 1.29 is 5.11 Å². The lowest BCUT2D eigenvalue weighted by Gasteiger charge is -2.28. The van der Waals surface area contributed by atoms with Crippen molar-refractivity contribution in [3.63, 3.8) is 0 Å². The summed E-state index contributed by atoms with van der Waals surface area (Å²) < 4.78 is 4.00. The molecule has 1 unspecified atom stereocenters.